The number of nitrogens with zero attached hydrogens (tertiary/aromatic N) is 5. The number of fused-ring (bicyclic) bond motifs is 1. The van der Waals surface area contributed by atoms with Crippen LogP contribution in [0.2, 0.25) is 0 Å². The van der Waals surface area contributed by atoms with Gasteiger partial charge in [0.15, 0.2) is 5.17 Å². The number of pyridine rings is 1. The number of piperazine rings is 1. The number of rotatable bonds is 6. The van der Waals surface area contributed by atoms with E-state index in [1.165, 1.54) is 43.9 Å². The normalized spacial score (nSPS) is 17.9. The molecule has 1 aliphatic heterocycles. The fourth-order valence-corrected chi connectivity index (χ4v) is 6.71. The third-order valence-electron chi connectivity index (χ3n) is 8.34. The lowest BCUT2D eigenvalue weighted by atomic mass is 9.84. The second-order valence-corrected chi connectivity index (χ2v) is 11.6. The maximum absolute atomic E-state index is 14.2. The molecule has 1 saturated carbocycles. The number of amidine groups is 1. The van der Waals surface area contributed by atoms with E-state index in [-0.39, 0.29) is 11.9 Å². The van der Waals surface area contributed by atoms with E-state index in [0.29, 0.717) is 12.5 Å². The lowest BCUT2D eigenvalue weighted by molar-refractivity contribution is 0.0918. The minimum Gasteiger partial charge on any atom is -0.349 e. The summed E-state index contributed by atoms with van der Waals surface area (Å²) in [6.07, 6.45) is 10.0. The third kappa shape index (κ3) is 6.32. The third-order valence-corrected chi connectivity index (χ3v) is 9.05. The van der Waals surface area contributed by atoms with Crippen LogP contribution in [0.1, 0.15) is 54.9 Å². The number of aliphatic imine (C=N–C) groups is 1. The fraction of sp³-hybridized carbons (Fsp3) is 0.438. The van der Waals surface area contributed by atoms with Gasteiger partial charge in [0.05, 0.1) is 16.8 Å². The van der Waals surface area contributed by atoms with Crippen molar-refractivity contribution in [3.63, 3.8) is 0 Å². The Hall–Kier alpha value is -3.41. The first kappa shape index (κ1) is 28.1. The monoisotopic (exact) mass is 554 g/mol. The topological polar surface area (TPSA) is 84.6 Å². The summed E-state index contributed by atoms with van der Waals surface area (Å²) in [6, 6.07) is 18.4. The number of thioether (sulfide) groups is 1. The van der Waals surface area contributed by atoms with E-state index in [9.17, 15) is 4.79 Å². The van der Waals surface area contributed by atoms with Crippen molar-refractivity contribution in [2.45, 2.75) is 51.6 Å². The van der Waals surface area contributed by atoms with E-state index < -0.39 is 0 Å². The molecule has 8 heteroatoms. The highest BCUT2D eigenvalue weighted by molar-refractivity contribution is 8.13. The first-order valence-corrected chi connectivity index (χ1v) is 15.6. The van der Waals surface area contributed by atoms with Gasteiger partial charge in [-0.3, -0.25) is 9.69 Å². The molecule has 0 radical (unpaired) electrons. The van der Waals surface area contributed by atoms with Crippen molar-refractivity contribution in [1.29, 1.82) is 5.26 Å². The second kappa shape index (κ2) is 13.3. The van der Waals surface area contributed by atoms with Gasteiger partial charge in [0.25, 0.3) is 5.91 Å². The zero-order valence-electron chi connectivity index (χ0n) is 23.5. The van der Waals surface area contributed by atoms with Crippen molar-refractivity contribution in [3.05, 3.63) is 65.7 Å². The Balaban J connectivity index is 1.51. The van der Waals surface area contributed by atoms with Gasteiger partial charge in [-0.05, 0) is 38.0 Å². The van der Waals surface area contributed by atoms with Crippen LogP contribution in [0.5, 0.6) is 0 Å². The molecule has 2 heterocycles. The smallest absolute Gasteiger partial charge is 0.252 e. The van der Waals surface area contributed by atoms with Gasteiger partial charge in [-0.2, -0.15) is 5.26 Å². The van der Waals surface area contributed by atoms with Gasteiger partial charge in [-0.1, -0.05) is 79.6 Å². The molecule has 1 saturated heterocycles. The predicted octanol–water partition coefficient (Wildman–Crippen LogP) is 5.92. The van der Waals surface area contributed by atoms with Crippen LogP contribution >= 0.6 is 11.8 Å². The number of hydrogen-bond donors (Lipinski definition) is 1. The molecule has 0 bridgehead atoms. The molecule has 5 rings (SSSR count). The van der Waals surface area contributed by atoms with Crippen LogP contribution in [0.25, 0.3) is 22.2 Å². The first-order chi connectivity index (χ1) is 19.6. The molecule has 1 amide bonds. The molecule has 1 atom stereocenters. The molecular formula is C32H38N6OS. The number of nitriles is 1. The second-order valence-electron chi connectivity index (χ2n) is 10.8. The summed E-state index contributed by atoms with van der Waals surface area (Å²) in [5.74, 6) is 0.518. The zero-order chi connectivity index (χ0) is 27.9. The number of carbonyl (C=O) groups is 1. The van der Waals surface area contributed by atoms with Gasteiger partial charge in [0.1, 0.15) is 0 Å². The molecule has 2 aromatic carbocycles. The van der Waals surface area contributed by atoms with Gasteiger partial charge in [-0.25, -0.2) is 4.98 Å². The van der Waals surface area contributed by atoms with E-state index in [4.69, 9.17) is 10.2 Å². The van der Waals surface area contributed by atoms with Gasteiger partial charge in [0, 0.05) is 55.3 Å². The number of benzene rings is 2. The Morgan fingerprint density at radius 1 is 1.07 bits per heavy atom. The van der Waals surface area contributed by atoms with Crippen LogP contribution in [0.3, 0.4) is 0 Å². The van der Waals surface area contributed by atoms with E-state index in [1.54, 1.807) is 0 Å². The largest absolute Gasteiger partial charge is 0.349 e. The molecular weight excluding hydrogens is 516 g/mol. The van der Waals surface area contributed by atoms with Crippen LogP contribution in [0.15, 0.2) is 59.6 Å². The Kier molecular flexibility index (Phi) is 9.35. The molecule has 0 unspecified atom stereocenters. The Morgan fingerprint density at radius 2 is 1.77 bits per heavy atom. The summed E-state index contributed by atoms with van der Waals surface area (Å²) in [7, 11) is 0. The van der Waals surface area contributed by atoms with Crippen molar-refractivity contribution in [2.75, 3.05) is 32.4 Å². The number of nitrogens with one attached hydrogen (secondary N) is 1. The minimum absolute atomic E-state index is 0.00619. The highest BCUT2D eigenvalue weighted by atomic mass is 32.2. The van der Waals surface area contributed by atoms with Crippen LogP contribution in [-0.2, 0) is 6.54 Å². The molecule has 0 spiro atoms. The summed E-state index contributed by atoms with van der Waals surface area (Å²) >= 11 is 1.50. The van der Waals surface area contributed by atoms with Crippen molar-refractivity contribution >= 4 is 33.7 Å². The van der Waals surface area contributed by atoms with Gasteiger partial charge < -0.3 is 10.2 Å². The minimum atomic E-state index is -0.00619. The molecule has 7 nitrogen and oxygen atoms in total. The summed E-state index contributed by atoms with van der Waals surface area (Å²) in [5.41, 5.74) is 4.44. The van der Waals surface area contributed by atoms with Crippen molar-refractivity contribution in [1.82, 2.24) is 20.1 Å². The van der Waals surface area contributed by atoms with E-state index >= 15 is 0 Å². The molecule has 208 valence electrons. The predicted molar refractivity (Wildman–Crippen MR) is 164 cm³/mol. The number of carbonyl (C=O) groups excluding carboxylic acids is 1. The quantitative estimate of drug-likeness (QED) is 0.231. The van der Waals surface area contributed by atoms with Gasteiger partial charge in [0.2, 0.25) is 6.19 Å². The molecule has 3 aromatic rings. The van der Waals surface area contributed by atoms with Crippen molar-refractivity contribution < 1.29 is 4.79 Å². The van der Waals surface area contributed by atoms with Gasteiger partial charge in [-0.15, -0.1) is 4.99 Å². The van der Waals surface area contributed by atoms with Crippen molar-refractivity contribution in [2.24, 2.45) is 10.9 Å². The van der Waals surface area contributed by atoms with E-state index in [1.807, 2.05) is 54.9 Å². The average Bonchev–Trinajstić information content (AvgIpc) is 3.00. The Bertz CT molecular complexity index is 1390. The molecule has 1 aromatic heterocycles. The molecule has 2 aliphatic rings. The molecule has 40 heavy (non-hydrogen) atoms. The van der Waals surface area contributed by atoms with Crippen LogP contribution in [0.4, 0.5) is 0 Å². The fourth-order valence-electron chi connectivity index (χ4n) is 6.14. The van der Waals surface area contributed by atoms with Gasteiger partial charge >= 0.3 is 0 Å². The highest BCUT2D eigenvalue weighted by Gasteiger charge is 2.28. The molecule has 1 N–H and O–H groups in total. The molecule has 2 fully saturated rings. The SMILES string of the molecule is CSC(=NC#N)N1CCN(Cc2c(-c3ccccc3)nc3ccccc3c2C(=O)N[C@@H](C)C2CCCCC2)CC1. The van der Waals surface area contributed by atoms with Crippen LogP contribution in [0, 0.1) is 17.4 Å². The zero-order valence-corrected chi connectivity index (χ0v) is 24.3. The first-order valence-electron chi connectivity index (χ1n) is 14.3. The van der Waals surface area contributed by atoms with E-state index in [2.05, 4.69) is 39.2 Å². The maximum atomic E-state index is 14.2. The van der Waals surface area contributed by atoms with Crippen molar-refractivity contribution in [3.8, 4) is 17.5 Å². The average molecular weight is 555 g/mol. The van der Waals surface area contributed by atoms with E-state index in [0.717, 1.165) is 64.6 Å². The lowest BCUT2D eigenvalue weighted by Gasteiger charge is -2.36. The van der Waals surface area contributed by atoms with Crippen LogP contribution in [-0.4, -0.2) is 64.3 Å². The number of para-hydroxylation sites is 1. The standard InChI is InChI=1S/C32H38N6OS/c1-23(24-11-5-3-6-12-24)35-31(39)29-26-15-9-10-16-28(26)36-30(25-13-7-4-8-14-25)27(29)21-37-17-19-38(20-18-37)32(40-2)34-22-33/h4,7-10,13-16,23-24H,3,5-6,11-12,17-21H2,1-2H3,(H,35,39)/t23-/m0/s1. The summed E-state index contributed by atoms with van der Waals surface area (Å²) < 4.78 is 0. The summed E-state index contributed by atoms with van der Waals surface area (Å²) in [5, 5.41) is 14.1. The van der Waals surface area contributed by atoms with Crippen LogP contribution < -0.4 is 5.32 Å². The maximum Gasteiger partial charge on any atom is 0.252 e. The molecule has 1 aliphatic carbocycles. The lowest BCUT2D eigenvalue weighted by Crippen LogP contribution is -2.47. The summed E-state index contributed by atoms with van der Waals surface area (Å²) in [4.78, 5) is 27.9. The summed E-state index contributed by atoms with van der Waals surface area (Å²) in [6.45, 7) is 5.98. The Labute approximate surface area is 241 Å². The number of hydrogen-bond acceptors (Lipinski definition) is 6. The number of aromatic nitrogens is 1. The Morgan fingerprint density at radius 3 is 2.48 bits per heavy atom. The number of amides is 1. The highest BCUT2D eigenvalue weighted by Crippen LogP contribution is 2.33.